The minimum atomic E-state index is -2.79. The Labute approximate surface area is 98.7 Å². The minimum absolute atomic E-state index is 0.151. The molecule has 0 spiro atoms. The summed E-state index contributed by atoms with van der Waals surface area (Å²) in [7, 11) is 0. The lowest BCUT2D eigenvalue weighted by atomic mass is 10.1. The Kier molecular flexibility index (Phi) is 4.14. The normalized spacial score (nSPS) is 17.1. The van der Waals surface area contributed by atoms with Crippen molar-refractivity contribution in [3.63, 3.8) is 0 Å². The van der Waals surface area contributed by atoms with E-state index in [4.69, 9.17) is 4.74 Å². The van der Waals surface area contributed by atoms with Crippen molar-refractivity contribution in [2.45, 2.75) is 25.6 Å². The van der Waals surface area contributed by atoms with Gasteiger partial charge in [0, 0.05) is 0 Å². The van der Waals surface area contributed by atoms with Gasteiger partial charge >= 0.3 is 6.61 Å². The Morgan fingerprint density at radius 1 is 1.06 bits per heavy atom. The van der Waals surface area contributed by atoms with Gasteiger partial charge in [0.25, 0.3) is 0 Å². The molecule has 1 aliphatic heterocycles. The molecule has 0 atom stereocenters. The highest BCUT2D eigenvalue weighted by Crippen LogP contribution is 2.21. The van der Waals surface area contributed by atoms with Gasteiger partial charge in [0.2, 0.25) is 0 Å². The third-order valence-corrected chi connectivity index (χ3v) is 2.64. The van der Waals surface area contributed by atoms with Crippen molar-refractivity contribution in [3.05, 3.63) is 24.3 Å². The SMILES string of the molecule is FC(F)Oc1ccc(OC2CCNCC2)cc1. The van der Waals surface area contributed by atoms with Gasteiger partial charge in [0.05, 0.1) is 0 Å². The lowest BCUT2D eigenvalue weighted by molar-refractivity contribution is -0.0498. The van der Waals surface area contributed by atoms with Gasteiger partial charge < -0.3 is 14.8 Å². The number of piperidine rings is 1. The van der Waals surface area contributed by atoms with Crippen molar-refractivity contribution in [2.75, 3.05) is 13.1 Å². The van der Waals surface area contributed by atoms with Crippen molar-refractivity contribution in [1.29, 1.82) is 0 Å². The molecule has 1 aromatic carbocycles. The number of halogens is 2. The monoisotopic (exact) mass is 243 g/mol. The molecule has 1 aromatic rings. The fraction of sp³-hybridized carbons (Fsp3) is 0.500. The number of hydrogen-bond acceptors (Lipinski definition) is 3. The molecule has 0 saturated carbocycles. The van der Waals surface area contributed by atoms with Crippen LogP contribution < -0.4 is 14.8 Å². The van der Waals surface area contributed by atoms with Gasteiger partial charge in [0.15, 0.2) is 0 Å². The number of ether oxygens (including phenoxy) is 2. The highest BCUT2D eigenvalue weighted by Gasteiger charge is 2.14. The van der Waals surface area contributed by atoms with Gasteiger partial charge in [0.1, 0.15) is 17.6 Å². The average Bonchev–Trinajstić information content (AvgIpc) is 2.32. The summed E-state index contributed by atoms with van der Waals surface area (Å²) in [5.74, 6) is 0.844. The number of rotatable bonds is 4. The maximum absolute atomic E-state index is 11.9. The van der Waals surface area contributed by atoms with Crippen LogP contribution in [0.2, 0.25) is 0 Å². The van der Waals surface area contributed by atoms with E-state index >= 15 is 0 Å². The van der Waals surface area contributed by atoms with E-state index in [2.05, 4.69) is 10.1 Å². The predicted octanol–water partition coefficient (Wildman–Crippen LogP) is 2.42. The first-order chi connectivity index (χ1) is 8.24. The fourth-order valence-electron chi connectivity index (χ4n) is 1.81. The summed E-state index contributed by atoms with van der Waals surface area (Å²) < 4.78 is 33.9. The fourth-order valence-corrected chi connectivity index (χ4v) is 1.81. The molecule has 1 aliphatic rings. The van der Waals surface area contributed by atoms with Crippen LogP contribution in [0.3, 0.4) is 0 Å². The largest absolute Gasteiger partial charge is 0.490 e. The van der Waals surface area contributed by atoms with Crippen LogP contribution >= 0.6 is 0 Å². The Balaban J connectivity index is 1.88. The van der Waals surface area contributed by atoms with Crippen LogP contribution in [-0.2, 0) is 0 Å². The molecular weight excluding hydrogens is 228 g/mol. The summed E-state index contributed by atoms with van der Waals surface area (Å²) in [6.45, 7) is -0.875. The molecule has 0 aliphatic carbocycles. The second-order valence-corrected chi connectivity index (χ2v) is 3.92. The maximum atomic E-state index is 11.9. The van der Waals surface area contributed by atoms with Gasteiger partial charge in [-0.2, -0.15) is 8.78 Å². The molecule has 94 valence electrons. The molecule has 1 heterocycles. The quantitative estimate of drug-likeness (QED) is 0.881. The van der Waals surface area contributed by atoms with Gasteiger partial charge in [-0.1, -0.05) is 0 Å². The molecule has 2 rings (SSSR count). The zero-order valence-corrected chi connectivity index (χ0v) is 9.36. The molecule has 0 unspecified atom stereocenters. The first-order valence-corrected chi connectivity index (χ1v) is 5.66. The summed E-state index contributed by atoms with van der Waals surface area (Å²) >= 11 is 0. The smallest absolute Gasteiger partial charge is 0.387 e. The molecule has 5 heteroatoms. The van der Waals surface area contributed by atoms with E-state index in [9.17, 15) is 8.78 Å². The first-order valence-electron chi connectivity index (χ1n) is 5.66. The highest BCUT2D eigenvalue weighted by molar-refractivity contribution is 5.31. The standard InChI is InChI=1S/C12H15F2NO2/c13-12(14)17-10-3-1-9(2-4-10)16-11-5-7-15-8-6-11/h1-4,11-12,15H,5-8H2. The minimum Gasteiger partial charge on any atom is -0.490 e. The Bertz CT molecular complexity index is 337. The van der Waals surface area contributed by atoms with Crippen LogP contribution in [0.5, 0.6) is 11.5 Å². The van der Waals surface area contributed by atoms with E-state index in [0.29, 0.717) is 5.75 Å². The highest BCUT2D eigenvalue weighted by atomic mass is 19.3. The number of hydrogen-bond donors (Lipinski definition) is 1. The van der Waals surface area contributed by atoms with E-state index in [0.717, 1.165) is 25.9 Å². The summed E-state index contributed by atoms with van der Waals surface area (Å²) in [6.07, 6.45) is 2.14. The van der Waals surface area contributed by atoms with Crippen molar-refractivity contribution < 1.29 is 18.3 Å². The summed E-state index contributed by atoms with van der Waals surface area (Å²) in [5.41, 5.74) is 0. The molecule has 0 bridgehead atoms. The Morgan fingerprint density at radius 3 is 2.24 bits per heavy atom. The molecule has 0 aromatic heterocycles. The molecule has 1 fully saturated rings. The summed E-state index contributed by atoms with van der Waals surface area (Å²) in [5, 5.41) is 3.25. The Hall–Kier alpha value is -1.36. The van der Waals surface area contributed by atoms with Crippen LogP contribution in [0, 0.1) is 0 Å². The van der Waals surface area contributed by atoms with Crippen molar-refractivity contribution >= 4 is 0 Å². The van der Waals surface area contributed by atoms with Crippen LogP contribution in [0.1, 0.15) is 12.8 Å². The van der Waals surface area contributed by atoms with Crippen LogP contribution in [0.25, 0.3) is 0 Å². The molecule has 1 saturated heterocycles. The van der Waals surface area contributed by atoms with Gasteiger partial charge in [-0.25, -0.2) is 0 Å². The molecule has 0 radical (unpaired) electrons. The van der Waals surface area contributed by atoms with Crippen molar-refractivity contribution in [1.82, 2.24) is 5.32 Å². The first kappa shape index (κ1) is 12.1. The average molecular weight is 243 g/mol. The summed E-state index contributed by atoms with van der Waals surface area (Å²) in [6, 6.07) is 6.28. The number of benzene rings is 1. The van der Waals surface area contributed by atoms with E-state index < -0.39 is 6.61 Å². The lowest BCUT2D eigenvalue weighted by Gasteiger charge is -2.23. The topological polar surface area (TPSA) is 30.5 Å². The molecular formula is C12H15F2NO2. The maximum Gasteiger partial charge on any atom is 0.387 e. The van der Waals surface area contributed by atoms with Gasteiger partial charge in [-0.15, -0.1) is 0 Å². The van der Waals surface area contributed by atoms with Crippen molar-refractivity contribution in [3.8, 4) is 11.5 Å². The zero-order chi connectivity index (χ0) is 12.1. The van der Waals surface area contributed by atoms with Gasteiger partial charge in [-0.05, 0) is 50.2 Å². The Morgan fingerprint density at radius 2 is 1.65 bits per heavy atom. The molecule has 1 N–H and O–H groups in total. The third-order valence-electron chi connectivity index (χ3n) is 2.64. The van der Waals surface area contributed by atoms with E-state index in [-0.39, 0.29) is 11.9 Å². The zero-order valence-electron chi connectivity index (χ0n) is 9.36. The van der Waals surface area contributed by atoms with Crippen LogP contribution in [0.15, 0.2) is 24.3 Å². The van der Waals surface area contributed by atoms with E-state index in [1.165, 1.54) is 12.1 Å². The van der Waals surface area contributed by atoms with Crippen LogP contribution in [-0.4, -0.2) is 25.8 Å². The van der Waals surface area contributed by atoms with Crippen LogP contribution in [0.4, 0.5) is 8.78 Å². The van der Waals surface area contributed by atoms with Gasteiger partial charge in [-0.3, -0.25) is 0 Å². The second kappa shape index (κ2) is 5.82. The van der Waals surface area contributed by atoms with E-state index in [1.54, 1.807) is 12.1 Å². The molecule has 17 heavy (non-hydrogen) atoms. The van der Waals surface area contributed by atoms with E-state index in [1.807, 2.05) is 0 Å². The number of nitrogens with one attached hydrogen (secondary N) is 1. The lowest BCUT2D eigenvalue weighted by Crippen LogP contribution is -2.34. The second-order valence-electron chi connectivity index (χ2n) is 3.92. The number of alkyl halides is 2. The molecule has 3 nitrogen and oxygen atoms in total. The van der Waals surface area contributed by atoms with Crippen molar-refractivity contribution in [2.24, 2.45) is 0 Å². The predicted molar refractivity (Wildman–Crippen MR) is 59.6 cm³/mol. The molecule has 0 amide bonds. The summed E-state index contributed by atoms with van der Waals surface area (Å²) in [4.78, 5) is 0. The third kappa shape index (κ3) is 3.85.